The number of benzene rings is 6. The second kappa shape index (κ2) is 23.3. The Morgan fingerprint density at radius 1 is 0.623 bits per heavy atom. The van der Waals surface area contributed by atoms with Gasteiger partial charge in [0, 0.05) is 45.3 Å². The molecule has 0 amide bonds. The Kier molecular flexibility index (Phi) is 18.9. The van der Waals surface area contributed by atoms with Crippen molar-refractivity contribution in [1.82, 2.24) is 0 Å². The monoisotopic (exact) mass is 820 g/mol. The molecule has 0 radical (unpaired) electrons. The summed E-state index contributed by atoms with van der Waals surface area (Å²) >= 11 is 0. The van der Waals surface area contributed by atoms with Crippen molar-refractivity contribution in [3.63, 3.8) is 0 Å². The molecule has 0 saturated heterocycles. The number of rotatable bonds is 12. The van der Waals surface area contributed by atoms with Gasteiger partial charge in [-0.25, -0.2) is 4.79 Å². The Labute approximate surface area is 369 Å². The third-order valence-electron chi connectivity index (χ3n) is 10.0. The second-order valence-electron chi connectivity index (χ2n) is 16.3. The summed E-state index contributed by atoms with van der Waals surface area (Å²) in [5.74, 6) is -0.425. The predicted octanol–water partition coefficient (Wildman–Crippen LogP) is 16.1. The van der Waals surface area contributed by atoms with Crippen molar-refractivity contribution in [2.24, 2.45) is 0 Å². The largest absolute Gasteiger partial charge is 0.460 e. The van der Waals surface area contributed by atoms with Crippen molar-refractivity contribution in [3.05, 3.63) is 171 Å². The van der Waals surface area contributed by atoms with Gasteiger partial charge in [-0.05, 0) is 137 Å². The average molecular weight is 820 g/mol. The van der Waals surface area contributed by atoms with Crippen LogP contribution in [0.2, 0.25) is 0 Å². The smallest absolute Gasteiger partial charge is 0.333 e. The number of hydrogen-bond donors (Lipinski definition) is 3. The van der Waals surface area contributed by atoms with Gasteiger partial charge in [0.25, 0.3) is 0 Å². The Morgan fingerprint density at radius 3 is 1.41 bits per heavy atom. The zero-order chi connectivity index (χ0) is 45.4. The lowest BCUT2D eigenvalue weighted by Gasteiger charge is -2.29. The summed E-state index contributed by atoms with van der Waals surface area (Å²) < 4.78 is 5.55. The number of fused-ring (bicyclic) bond motifs is 1. The molecule has 0 atom stereocenters. The van der Waals surface area contributed by atoms with Crippen molar-refractivity contribution >= 4 is 45.2 Å². The van der Waals surface area contributed by atoms with Crippen LogP contribution >= 0.6 is 0 Å². The highest BCUT2D eigenvalue weighted by molar-refractivity contribution is 5.97. The summed E-state index contributed by atoms with van der Waals surface area (Å²) in [6.45, 7) is 34.8. The molecule has 0 heterocycles. The van der Waals surface area contributed by atoms with Gasteiger partial charge >= 0.3 is 5.97 Å². The van der Waals surface area contributed by atoms with Crippen LogP contribution in [0.1, 0.15) is 125 Å². The van der Waals surface area contributed by atoms with E-state index in [-0.39, 0.29) is 18.5 Å². The maximum Gasteiger partial charge on any atom is 0.333 e. The molecule has 6 rings (SSSR count). The Morgan fingerprint density at radius 2 is 1.02 bits per heavy atom. The number of carbonyl (C=O) groups is 1. The van der Waals surface area contributed by atoms with Gasteiger partial charge in [0.1, 0.15) is 6.61 Å². The highest BCUT2D eigenvalue weighted by atomic mass is 16.5. The third-order valence-corrected chi connectivity index (χ3v) is 10.0. The number of aryl methyl sites for hydroxylation is 6. The van der Waals surface area contributed by atoms with E-state index in [2.05, 4.69) is 187 Å². The van der Waals surface area contributed by atoms with Crippen molar-refractivity contribution in [2.75, 3.05) is 22.6 Å². The fraction of sp³-hybridized carbons (Fsp3) is 0.339. The fourth-order valence-electron chi connectivity index (χ4n) is 7.57. The van der Waals surface area contributed by atoms with Gasteiger partial charge in [-0.2, -0.15) is 0 Å². The van der Waals surface area contributed by atoms with Crippen LogP contribution in [0.15, 0.2) is 121 Å². The van der Waals surface area contributed by atoms with Crippen LogP contribution < -0.4 is 16.0 Å². The summed E-state index contributed by atoms with van der Waals surface area (Å²) in [5.41, 5.74) is 16.3. The van der Waals surface area contributed by atoms with Crippen LogP contribution in [-0.2, 0) is 9.53 Å². The molecule has 61 heavy (non-hydrogen) atoms. The molecule has 0 aliphatic rings. The molecule has 6 aromatic carbocycles. The lowest BCUT2D eigenvalue weighted by atomic mass is 9.82. The van der Waals surface area contributed by atoms with Crippen LogP contribution in [0.4, 0.5) is 28.4 Å². The number of ether oxygens (including phenoxy) is 1. The summed E-state index contributed by atoms with van der Waals surface area (Å²) in [5, 5.41) is 13.3. The molecule has 0 saturated carbocycles. The zero-order valence-electron chi connectivity index (χ0n) is 39.9. The highest BCUT2D eigenvalue weighted by Crippen LogP contribution is 2.40. The van der Waals surface area contributed by atoms with E-state index in [1.54, 1.807) is 6.92 Å². The summed E-state index contributed by atoms with van der Waals surface area (Å²) in [6.07, 6.45) is 1.25. The Bertz CT molecular complexity index is 2200. The van der Waals surface area contributed by atoms with Crippen LogP contribution in [0.3, 0.4) is 0 Å². The van der Waals surface area contributed by atoms with E-state index < -0.39 is 5.54 Å². The van der Waals surface area contributed by atoms with Gasteiger partial charge < -0.3 is 20.7 Å². The van der Waals surface area contributed by atoms with Gasteiger partial charge in [0.2, 0.25) is 0 Å². The fourth-order valence-corrected chi connectivity index (χ4v) is 7.57. The highest BCUT2D eigenvalue weighted by Gasteiger charge is 2.24. The van der Waals surface area contributed by atoms with Crippen molar-refractivity contribution in [1.29, 1.82) is 0 Å². The molecular weight excluding hydrogens is 747 g/mol. The van der Waals surface area contributed by atoms with E-state index >= 15 is 0 Å². The number of hydrogen-bond acceptors (Lipinski definition) is 5. The van der Waals surface area contributed by atoms with E-state index in [1.807, 2.05) is 41.5 Å². The van der Waals surface area contributed by atoms with E-state index in [0.29, 0.717) is 5.57 Å². The summed E-state index contributed by atoms with van der Waals surface area (Å²) in [4.78, 5) is 12.2. The maximum absolute atomic E-state index is 12.2. The third kappa shape index (κ3) is 13.3. The quantitative estimate of drug-likeness (QED) is 0.0652. The van der Waals surface area contributed by atoms with Crippen molar-refractivity contribution in [3.8, 4) is 0 Å². The SMILES string of the molecule is C=C(C)C(=O)OCC(C)(C)Nc1ccc(C(c2ccc(Nc3c(C)cc(C)cc3C)cc2)c2ccc(Nc3c(C)cc(C)cc3C)cc2)c2ccccc12.CC.CC.CCC. The van der Waals surface area contributed by atoms with E-state index in [4.69, 9.17) is 4.74 Å². The van der Waals surface area contributed by atoms with Gasteiger partial charge in [-0.1, -0.05) is 145 Å². The molecule has 0 unspecified atom stereocenters. The molecular formula is C56H73N3O2. The average Bonchev–Trinajstić information content (AvgIpc) is 3.23. The lowest BCUT2D eigenvalue weighted by Crippen LogP contribution is -2.37. The van der Waals surface area contributed by atoms with Crippen LogP contribution in [0.25, 0.3) is 10.8 Å². The molecule has 6 aromatic rings. The molecule has 0 bridgehead atoms. The van der Waals surface area contributed by atoms with Crippen LogP contribution in [-0.4, -0.2) is 18.1 Å². The minimum absolute atomic E-state index is 0.0396. The topological polar surface area (TPSA) is 62.4 Å². The van der Waals surface area contributed by atoms with Crippen LogP contribution in [0.5, 0.6) is 0 Å². The molecule has 0 spiro atoms. The molecule has 324 valence electrons. The van der Waals surface area contributed by atoms with E-state index in [1.165, 1.54) is 56.5 Å². The van der Waals surface area contributed by atoms with Gasteiger partial charge in [0.15, 0.2) is 0 Å². The Balaban J connectivity index is 0.00000134. The van der Waals surface area contributed by atoms with Crippen molar-refractivity contribution in [2.45, 2.75) is 122 Å². The summed E-state index contributed by atoms with van der Waals surface area (Å²) in [7, 11) is 0. The summed E-state index contributed by atoms with van der Waals surface area (Å²) in [6, 6.07) is 39.6. The second-order valence-corrected chi connectivity index (χ2v) is 16.3. The number of carbonyl (C=O) groups excluding carboxylic acids is 1. The number of anilines is 5. The van der Waals surface area contributed by atoms with E-state index in [0.717, 1.165) is 39.2 Å². The van der Waals surface area contributed by atoms with Gasteiger partial charge in [0.05, 0.1) is 5.54 Å². The molecule has 0 aromatic heterocycles. The molecule has 0 aliphatic carbocycles. The first-order valence-corrected chi connectivity index (χ1v) is 22.1. The van der Waals surface area contributed by atoms with Gasteiger partial charge in [-0.3, -0.25) is 0 Å². The minimum atomic E-state index is -0.511. The number of esters is 1. The molecule has 5 heteroatoms. The molecule has 3 N–H and O–H groups in total. The first-order chi connectivity index (χ1) is 29.1. The van der Waals surface area contributed by atoms with Gasteiger partial charge in [-0.15, -0.1) is 0 Å². The van der Waals surface area contributed by atoms with Crippen molar-refractivity contribution < 1.29 is 9.53 Å². The first kappa shape index (κ1) is 49.6. The predicted molar refractivity (Wildman–Crippen MR) is 268 cm³/mol. The molecule has 0 fully saturated rings. The lowest BCUT2D eigenvalue weighted by molar-refractivity contribution is -0.140. The number of nitrogens with one attached hydrogen (secondary N) is 3. The zero-order valence-corrected chi connectivity index (χ0v) is 39.9. The first-order valence-electron chi connectivity index (χ1n) is 22.1. The van der Waals surface area contributed by atoms with E-state index in [9.17, 15) is 4.79 Å². The minimum Gasteiger partial charge on any atom is -0.460 e. The maximum atomic E-state index is 12.2. The Hall–Kier alpha value is -5.81. The molecule has 0 aliphatic heterocycles. The molecule has 5 nitrogen and oxygen atoms in total. The normalized spacial score (nSPS) is 10.6. The standard InChI is InChI=1S/C49H53N3O2.C3H8.2C2H6/c1-30(2)48(53)54-29-49(9,10)52-44-24-23-43(41-13-11-12-14-42(41)44)45(37-15-19-39(20-16-37)50-46-33(5)25-31(3)26-34(46)6)38-17-21-40(22-18-38)51-47-35(7)27-32(4)28-36(47)8;1-3-2;2*1-2/h11-28,45,50-52H,1,29H2,2-10H3;3H2,1-2H3;2*1-2H3. The van der Waals surface area contributed by atoms with Crippen LogP contribution in [0, 0.1) is 41.5 Å².